The molecule has 0 spiro atoms. The number of amides is 1. The molecule has 0 aromatic rings. The average Bonchev–Trinajstić information content (AvgIpc) is 3.21. The number of hydrogen-bond acceptors (Lipinski definition) is 6. The van der Waals surface area contributed by atoms with Crippen LogP contribution in [0.5, 0.6) is 0 Å². The van der Waals surface area contributed by atoms with Crippen LogP contribution in [0.3, 0.4) is 0 Å². The second-order valence-corrected chi connectivity index (χ2v) is 18.5. The van der Waals surface area contributed by atoms with E-state index in [1.54, 1.807) is 0 Å². The fourth-order valence-corrected chi connectivity index (χ4v) is 7.01. The first-order valence-corrected chi connectivity index (χ1v) is 25.5. The first-order valence-electron chi connectivity index (χ1n) is 24.1. The molecule has 8 nitrogen and oxygen atoms in total. The number of aliphatic hydroxyl groups excluding tert-OH is 1. The molecule has 0 radical (unpaired) electrons. The minimum Gasteiger partial charge on any atom is -0.756 e. The van der Waals surface area contributed by atoms with Gasteiger partial charge in [-0.2, -0.15) is 0 Å². The van der Waals surface area contributed by atoms with Crippen LogP contribution in [-0.2, 0) is 18.4 Å². The molecule has 0 aliphatic carbocycles. The number of allylic oxidation sites excluding steroid dienone is 16. The molecule has 61 heavy (non-hydrogen) atoms. The molecule has 0 saturated heterocycles. The van der Waals surface area contributed by atoms with E-state index >= 15 is 0 Å². The van der Waals surface area contributed by atoms with Gasteiger partial charge in [-0.05, 0) is 77.0 Å². The summed E-state index contributed by atoms with van der Waals surface area (Å²) in [6.45, 7) is 4.45. The molecule has 0 rings (SSSR count). The fraction of sp³-hybridized carbons (Fsp3) is 0.673. The molecular formula is C52H91N2O6P. The zero-order valence-corrected chi connectivity index (χ0v) is 40.5. The van der Waals surface area contributed by atoms with E-state index in [1.165, 1.54) is 44.9 Å². The molecular weight excluding hydrogens is 780 g/mol. The fourth-order valence-electron chi connectivity index (χ4n) is 6.29. The predicted octanol–water partition coefficient (Wildman–Crippen LogP) is 13.3. The Kier molecular flexibility index (Phi) is 40.9. The van der Waals surface area contributed by atoms with Crippen LogP contribution in [0.25, 0.3) is 0 Å². The maximum atomic E-state index is 12.7. The SMILES string of the molecule is CC/C=C\C/C=C\C/C=C\C/C=C\C/C=C\C/C=C\C/C=C\C/C=C\CCCCCCCCCCCCC(=O)NC(COP(=O)([O-])OCC[N+](C)(C)C)C(O)CCCCCC. The van der Waals surface area contributed by atoms with E-state index in [9.17, 15) is 19.4 Å². The summed E-state index contributed by atoms with van der Waals surface area (Å²) in [5.41, 5.74) is 0. The van der Waals surface area contributed by atoms with Crippen molar-refractivity contribution in [1.82, 2.24) is 5.32 Å². The smallest absolute Gasteiger partial charge is 0.268 e. The van der Waals surface area contributed by atoms with Crippen molar-refractivity contribution in [3.05, 3.63) is 97.2 Å². The number of nitrogens with one attached hydrogen (secondary N) is 1. The van der Waals surface area contributed by atoms with E-state index in [1.807, 2.05) is 21.1 Å². The van der Waals surface area contributed by atoms with Gasteiger partial charge in [-0.25, -0.2) is 0 Å². The first kappa shape index (κ1) is 58.4. The van der Waals surface area contributed by atoms with Crippen LogP contribution < -0.4 is 10.2 Å². The number of likely N-dealkylation sites (N-methyl/N-ethyl adjacent to an activating group) is 1. The molecule has 0 fully saturated rings. The number of unbranched alkanes of at least 4 members (excludes halogenated alkanes) is 13. The Morgan fingerprint density at radius 1 is 0.590 bits per heavy atom. The lowest BCUT2D eigenvalue weighted by Gasteiger charge is -2.30. The molecule has 3 atom stereocenters. The van der Waals surface area contributed by atoms with Crippen molar-refractivity contribution >= 4 is 13.7 Å². The Morgan fingerprint density at radius 2 is 1.00 bits per heavy atom. The van der Waals surface area contributed by atoms with Gasteiger partial charge in [0.2, 0.25) is 5.91 Å². The van der Waals surface area contributed by atoms with E-state index in [4.69, 9.17) is 9.05 Å². The third-order valence-electron chi connectivity index (χ3n) is 10.1. The Morgan fingerprint density at radius 3 is 1.44 bits per heavy atom. The largest absolute Gasteiger partial charge is 0.756 e. The van der Waals surface area contributed by atoms with Gasteiger partial charge in [0.1, 0.15) is 13.2 Å². The third-order valence-corrected chi connectivity index (χ3v) is 11.1. The van der Waals surface area contributed by atoms with Crippen molar-refractivity contribution < 1.29 is 32.9 Å². The topological polar surface area (TPSA) is 108 Å². The van der Waals surface area contributed by atoms with Crippen LogP contribution in [0.2, 0.25) is 0 Å². The highest BCUT2D eigenvalue weighted by atomic mass is 31.2. The maximum absolute atomic E-state index is 12.7. The van der Waals surface area contributed by atoms with Gasteiger partial charge in [-0.1, -0.05) is 188 Å². The van der Waals surface area contributed by atoms with Crippen molar-refractivity contribution in [1.29, 1.82) is 0 Å². The van der Waals surface area contributed by atoms with Gasteiger partial charge in [-0.15, -0.1) is 0 Å². The number of carbonyl (C=O) groups excluding carboxylic acids is 1. The van der Waals surface area contributed by atoms with Gasteiger partial charge < -0.3 is 28.8 Å². The van der Waals surface area contributed by atoms with Crippen LogP contribution in [-0.4, -0.2) is 68.5 Å². The number of phosphoric acid groups is 1. The van der Waals surface area contributed by atoms with E-state index in [-0.39, 0.29) is 19.1 Å². The lowest BCUT2D eigenvalue weighted by molar-refractivity contribution is -0.870. The molecule has 9 heteroatoms. The Balaban J connectivity index is 3.91. The average molecular weight is 871 g/mol. The summed E-state index contributed by atoms with van der Waals surface area (Å²) in [6, 6.07) is -0.804. The van der Waals surface area contributed by atoms with Gasteiger partial charge in [-0.3, -0.25) is 9.36 Å². The zero-order valence-electron chi connectivity index (χ0n) is 39.6. The molecule has 1 amide bonds. The lowest BCUT2D eigenvalue weighted by Crippen LogP contribution is -2.46. The number of hydrogen-bond donors (Lipinski definition) is 2. The van der Waals surface area contributed by atoms with Gasteiger partial charge in [0.05, 0.1) is 39.9 Å². The molecule has 0 aliphatic rings. The van der Waals surface area contributed by atoms with E-state index in [0.29, 0.717) is 23.9 Å². The van der Waals surface area contributed by atoms with Crippen molar-refractivity contribution in [3.8, 4) is 0 Å². The van der Waals surface area contributed by atoms with E-state index in [2.05, 4.69) is 116 Å². The number of rotatable bonds is 42. The van der Waals surface area contributed by atoms with Gasteiger partial charge in [0.25, 0.3) is 7.82 Å². The standard InChI is InChI=1S/C52H91N2O6P/c1-6-8-10-12-13-14-15-16-17-18-19-20-21-22-23-24-25-26-27-28-29-30-31-32-33-34-35-36-37-38-39-40-41-42-44-46-52(56)53-50(51(55)45-43-11-9-7-2)49-60-61(57,58)59-48-47-54(3,4)5/h8,10,13-14,16-17,19-20,22-23,25-26,28-29,31-32,50-51,55H,6-7,9,11-12,15,18,21,24,27,30,33-49H2,1-5H3,(H-,53,56,57,58)/b10-8-,14-13-,17-16-,20-19-,23-22-,26-25-,29-28-,32-31-. The number of nitrogens with zero attached hydrogens (tertiary/aromatic N) is 1. The maximum Gasteiger partial charge on any atom is 0.268 e. The molecule has 0 saturated carbocycles. The first-order chi connectivity index (χ1) is 29.5. The van der Waals surface area contributed by atoms with Gasteiger partial charge in [0, 0.05) is 6.42 Å². The second-order valence-electron chi connectivity index (χ2n) is 17.1. The highest BCUT2D eigenvalue weighted by molar-refractivity contribution is 7.45. The third kappa shape index (κ3) is 45.3. The van der Waals surface area contributed by atoms with Crippen molar-refractivity contribution in [3.63, 3.8) is 0 Å². The van der Waals surface area contributed by atoms with Crippen LogP contribution in [0.4, 0.5) is 0 Å². The van der Waals surface area contributed by atoms with Gasteiger partial charge in [0.15, 0.2) is 0 Å². The minimum atomic E-state index is -4.55. The molecule has 0 heterocycles. The molecule has 350 valence electrons. The van der Waals surface area contributed by atoms with E-state index in [0.717, 1.165) is 103 Å². The Bertz CT molecular complexity index is 1310. The summed E-state index contributed by atoms with van der Waals surface area (Å²) in [7, 11) is 1.28. The molecule has 0 aromatic heterocycles. The quantitative estimate of drug-likeness (QED) is 0.0274. The zero-order chi connectivity index (χ0) is 45.0. The minimum absolute atomic E-state index is 0.00544. The summed E-state index contributed by atoms with van der Waals surface area (Å²) in [4.78, 5) is 25.1. The molecule has 0 bridgehead atoms. The van der Waals surface area contributed by atoms with E-state index < -0.39 is 20.0 Å². The summed E-state index contributed by atoms with van der Waals surface area (Å²) in [5.74, 6) is -0.184. The highest BCUT2D eigenvalue weighted by Gasteiger charge is 2.24. The van der Waals surface area contributed by atoms with Gasteiger partial charge >= 0.3 is 0 Å². The van der Waals surface area contributed by atoms with Crippen molar-refractivity contribution in [2.24, 2.45) is 0 Å². The molecule has 3 unspecified atom stereocenters. The Hall–Kier alpha value is -2.58. The molecule has 0 aromatic carbocycles. The molecule has 2 N–H and O–H groups in total. The lowest BCUT2D eigenvalue weighted by atomic mass is 10.0. The number of phosphoric ester groups is 1. The van der Waals surface area contributed by atoms with Crippen molar-refractivity contribution in [2.45, 2.75) is 187 Å². The summed E-state index contributed by atoms with van der Waals surface area (Å²) < 4.78 is 23.0. The van der Waals surface area contributed by atoms with Crippen molar-refractivity contribution in [2.75, 3.05) is 40.9 Å². The predicted molar refractivity (Wildman–Crippen MR) is 260 cm³/mol. The summed E-state index contributed by atoms with van der Waals surface area (Å²) in [5, 5.41) is 13.6. The van der Waals surface area contributed by atoms with Crippen LogP contribution in [0.15, 0.2) is 97.2 Å². The number of aliphatic hydroxyl groups is 1. The van der Waals surface area contributed by atoms with Crippen LogP contribution in [0.1, 0.15) is 174 Å². The monoisotopic (exact) mass is 871 g/mol. The number of quaternary nitrogens is 1. The molecule has 0 aliphatic heterocycles. The normalized spacial score (nSPS) is 15.1. The second kappa shape index (κ2) is 42.7. The van der Waals surface area contributed by atoms with Crippen LogP contribution in [0, 0.1) is 0 Å². The number of carbonyl (C=O) groups is 1. The Labute approximate surface area is 375 Å². The summed E-state index contributed by atoms with van der Waals surface area (Å²) in [6.07, 6.45) is 60.7. The highest BCUT2D eigenvalue weighted by Crippen LogP contribution is 2.38. The summed E-state index contributed by atoms with van der Waals surface area (Å²) >= 11 is 0. The van der Waals surface area contributed by atoms with Crippen LogP contribution >= 0.6 is 7.82 Å².